The van der Waals surface area contributed by atoms with Crippen LogP contribution in [0.4, 0.5) is 4.39 Å². The molecule has 0 aliphatic rings. The number of aliphatic hydroxyl groups is 1. The number of carbonyl (C=O) groups is 2. The van der Waals surface area contributed by atoms with Crippen molar-refractivity contribution in [2.75, 3.05) is 20.4 Å². The molecule has 0 bridgehead atoms. The number of allylic oxidation sites excluding steroid dienone is 1. The number of aliphatic hydroxyl groups excluding tert-OH is 1. The second kappa shape index (κ2) is 13.2. The Labute approximate surface area is 158 Å². The van der Waals surface area contributed by atoms with Crippen molar-refractivity contribution in [2.24, 2.45) is 17.3 Å². The Kier molecular flexibility index (Phi) is 12.6. The number of aldehydes is 1. The predicted octanol–water partition coefficient (Wildman–Crippen LogP) is 4.30. The number of halogens is 1. The fourth-order valence-electron chi connectivity index (χ4n) is 3.30. The van der Waals surface area contributed by atoms with Crippen molar-refractivity contribution >= 4 is 12.1 Å². The van der Waals surface area contributed by atoms with Gasteiger partial charge >= 0.3 is 0 Å². The van der Waals surface area contributed by atoms with Crippen molar-refractivity contribution in [2.45, 2.75) is 72.3 Å². The van der Waals surface area contributed by atoms with Gasteiger partial charge in [0.15, 0.2) is 0 Å². The van der Waals surface area contributed by atoms with E-state index in [4.69, 9.17) is 4.74 Å². The van der Waals surface area contributed by atoms with Crippen LogP contribution in [-0.2, 0) is 14.3 Å². The SMILES string of the molecule is COCC/C=C(/CF)CCCC(C)CC(C)C(=O)C(C)(C)C(O)CC=O. The van der Waals surface area contributed by atoms with Gasteiger partial charge in [-0.2, -0.15) is 0 Å². The van der Waals surface area contributed by atoms with Crippen molar-refractivity contribution in [3.05, 3.63) is 11.6 Å². The largest absolute Gasteiger partial charge is 0.392 e. The van der Waals surface area contributed by atoms with E-state index >= 15 is 0 Å². The van der Waals surface area contributed by atoms with Gasteiger partial charge in [0.1, 0.15) is 18.7 Å². The van der Waals surface area contributed by atoms with Crippen molar-refractivity contribution in [3.63, 3.8) is 0 Å². The molecular weight excluding hydrogens is 335 g/mol. The third-order valence-electron chi connectivity index (χ3n) is 5.11. The fraction of sp³-hybridized carbons (Fsp3) is 0.810. The molecule has 3 atom stereocenters. The first-order chi connectivity index (χ1) is 12.2. The third-order valence-corrected chi connectivity index (χ3v) is 5.11. The maximum absolute atomic E-state index is 13.0. The maximum atomic E-state index is 13.0. The normalized spacial score (nSPS) is 16.2. The summed E-state index contributed by atoms with van der Waals surface area (Å²) >= 11 is 0. The second-order valence-corrected chi connectivity index (χ2v) is 7.92. The lowest BCUT2D eigenvalue weighted by Crippen LogP contribution is -2.40. The van der Waals surface area contributed by atoms with Crippen molar-refractivity contribution in [1.29, 1.82) is 0 Å². The van der Waals surface area contributed by atoms with Crippen LogP contribution in [0.25, 0.3) is 0 Å². The average Bonchev–Trinajstić information content (AvgIpc) is 2.59. The second-order valence-electron chi connectivity index (χ2n) is 7.92. The molecule has 0 fully saturated rings. The van der Waals surface area contributed by atoms with Crippen molar-refractivity contribution < 1.29 is 23.8 Å². The summed E-state index contributed by atoms with van der Waals surface area (Å²) < 4.78 is 18.0. The zero-order valence-electron chi connectivity index (χ0n) is 17.1. The smallest absolute Gasteiger partial charge is 0.143 e. The number of alkyl halides is 1. The number of hydrogen-bond donors (Lipinski definition) is 1. The highest BCUT2D eigenvalue weighted by atomic mass is 19.1. The summed E-state index contributed by atoms with van der Waals surface area (Å²) in [6.45, 7) is 7.56. The van der Waals surface area contributed by atoms with Gasteiger partial charge in [0.25, 0.3) is 0 Å². The molecule has 0 saturated carbocycles. The van der Waals surface area contributed by atoms with Crippen LogP contribution >= 0.6 is 0 Å². The number of ether oxygens (including phenoxy) is 1. The Hall–Kier alpha value is -1.07. The van der Waals surface area contributed by atoms with E-state index in [9.17, 15) is 19.1 Å². The fourth-order valence-corrected chi connectivity index (χ4v) is 3.30. The van der Waals surface area contributed by atoms with Gasteiger partial charge < -0.3 is 14.6 Å². The molecule has 0 heterocycles. The quantitative estimate of drug-likeness (QED) is 0.264. The van der Waals surface area contributed by atoms with Gasteiger partial charge in [0.2, 0.25) is 0 Å². The molecule has 0 amide bonds. The van der Waals surface area contributed by atoms with Crippen LogP contribution in [0.3, 0.4) is 0 Å². The molecule has 1 N–H and O–H groups in total. The van der Waals surface area contributed by atoms with E-state index in [1.807, 2.05) is 13.0 Å². The van der Waals surface area contributed by atoms with E-state index < -0.39 is 18.2 Å². The summed E-state index contributed by atoms with van der Waals surface area (Å²) in [6, 6.07) is 0. The molecule has 3 unspecified atom stereocenters. The van der Waals surface area contributed by atoms with E-state index in [0.717, 1.165) is 37.7 Å². The molecule has 0 rings (SSSR count). The number of methoxy groups -OCH3 is 1. The highest BCUT2D eigenvalue weighted by Gasteiger charge is 2.37. The first kappa shape index (κ1) is 24.9. The molecule has 0 aromatic rings. The van der Waals surface area contributed by atoms with E-state index in [-0.39, 0.29) is 18.1 Å². The lowest BCUT2D eigenvalue weighted by atomic mass is 9.74. The zero-order valence-corrected chi connectivity index (χ0v) is 17.1. The first-order valence-corrected chi connectivity index (χ1v) is 9.59. The predicted molar refractivity (Wildman–Crippen MR) is 103 cm³/mol. The summed E-state index contributed by atoms with van der Waals surface area (Å²) in [5.74, 6) is 0.148. The van der Waals surface area contributed by atoms with Crippen LogP contribution in [0.2, 0.25) is 0 Å². The zero-order chi connectivity index (χ0) is 20.2. The highest BCUT2D eigenvalue weighted by molar-refractivity contribution is 5.87. The maximum Gasteiger partial charge on any atom is 0.143 e. The van der Waals surface area contributed by atoms with E-state index in [1.165, 1.54) is 0 Å². The van der Waals surface area contributed by atoms with Gasteiger partial charge in [-0.1, -0.05) is 40.2 Å². The summed E-state index contributed by atoms with van der Waals surface area (Å²) in [5.41, 5.74) is -0.109. The summed E-state index contributed by atoms with van der Waals surface area (Å²) in [5, 5.41) is 10.0. The van der Waals surface area contributed by atoms with Gasteiger partial charge in [-0.15, -0.1) is 0 Å². The molecule has 26 heavy (non-hydrogen) atoms. The minimum absolute atomic E-state index is 0.0115. The minimum Gasteiger partial charge on any atom is -0.392 e. The van der Waals surface area contributed by atoms with Gasteiger partial charge in [-0.3, -0.25) is 4.79 Å². The van der Waals surface area contributed by atoms with Crippen LogP contribution in [0, 0.1) is 17.3 Å². The minimum atomic E-state index is -0.949. The molecule has 0 saturated heterocycles. The molecular formula is C21H37FO4. The van der Waals surface area contributed by atoms with Gasteiger partial charge in [0, 0.05) is 31.5 Å². The molecule has 0 radical (unpaired) electrons. The Morgan fingerprint density at radius 2 is 1.96 bits per heavy atom. The monoisotopic (exact) mass is 372 g/mol. The number of ketones is 1. The number of carbonyl (C=O) groups excluding carboxylic acids is 2. The van der Waals surface area contributed by atoms with E-state index in [1.54, 1.807) is 21.0 Å². The average molecular weight is 373 g/mol. The topological polar surface area (TPSA) is 63.6 Å². The standard InChI is InChI=1S/C21H37FO4/c1-16(8-6-9-18(15-22)10-7-13-26-5)14-17(2)20(25)21(3,4)19(24)11-12-23/h10,12,16-17,19,24H,6-9,11,13-15H2,1-5H3/b18-10+. The van der Waals surface area contributed by atoms with E-state index in [2.05, 4.69) is 6.92 Å². The highest BCUT2D eigenvalue weighted by Crippen LogP contribution is 2.31. The van der Waals surface area contributed by atoms with Crippen molar-refractivity contribution in [3.8, 4) is 0 Å². The molecule has 4 nitrogen and oxygen atoms in total. The Bertz CT molecular complexity index is 445. The van der Waals surface area contributed by atoms with Crippen LogP contribution in [0.15, 0.2) is 11.6 Å². The van der Waals surface area contributed by atoms with Gasteiger partial charge in [-0.05, 0) is 37.2 Å². The first-order valence-electron chi connectivity index (χ1n) is 9.59. The number of Topliss-reactive ketones (excluding diaryl/α,β-unsaturated/α-hetero) is 1. The molecule has 0 aromatic carbocycles. The number of hydrogen-bond acceptors (Lipinski definition) is 4. The van der Waals surface area contributed by atoms with E-state index in [0.29, 0.717) is 18.8 Å². The Morgan fingerprint density at radius 1 is 1.31 bits per heavy atom. The van der Waals surface area contributed by atoms with Gasteiger partial charge in [0.05, 0.1) is 6.10 Å². The Balaban J connectivity index is 4.41. The summed E-state index contributed by atoms with van der Waals surface area (Å²) in [7, 11) is 1.63. The molecule has 5 heteroatoms. The molecule has 0 aliphatic heterocycles. The third kappa shape index (κ3) is 9.04. The van der Waals surface area contributed by atoms with Crippen LogP contribution in [0.1, 0.15) is 66.2 Å². The van der Waals surface area contributed by atoms with Crippen LogP contribution in [0.5, 0.6) is 0 Å². The van der Waals surface area contributed by atoms with Crippen LogP contribution < -0.4 is 0 Å². The summed E-state index contributed by atoms with van der Waals surface area (Å²) in [4.78, 5) is 23.2. The Morgan fingerprint density at radius 3 is 2.50 bits per heavy atom. The summed E-state index contributed by atoms with van der Waals surface area (Å²) in [6.07, 6.45) is 5.60. The number of rotatable bonds is 15. The molecule has 152 valence electrons. The van der Waals surface area contributed by atoms with Crippen molar-refractivity contribution in [1.82, 2.24) is 0 Å². The molecule has 0 aromatic heterocycles. The lowest BCUT2D eigenvalue weighted by molar-refractivity contribution is -0.138. The van der Waals surface area contributed by atoms with Gasteiger partial charge in [-0.25, -0.2) is 4.39 Å². The van der Waals surface area contributed by atoms with Crippen LogP contribution in [-0.4, -0.2) is 43.7 Å². The molecule has 0 aliphatic carbocycles. The molecule has 0 spiro atoms. The lowest BCUT2D eigenvalue weighted by Gasteiger charge is -2.31.